The topological polar surface area (TPSA) is 74.6 Å². The van der Waals surface area contributed by atoms with Crippen molar-refractivity contribution in [2.24, 2.45) is 35.5 Å². The summed E-state index contributed by atoms with van der Waals surface area (Å²) in [6.45, 7) is 0. The molecule has 0 amide bonds. The van der Waals surface area contributed by atoms with Crippen LogP contribution in [0.15, 0.2) is 0 Å². The third-order valence-electron chi connectivity index (χ3n) is 4.90. The van der Waals surface area contributed by atoms with Crippen LogP contribution < -0.4 is 0 Å². The lowest BCUT2D eigenvalue weighted by atomic mass is 10.0. The van der Waals surface area contributed by atoms with E-state index in [-0.39, 0.29) is 11.8 Å². The fraction of sp³-hybridized carbons (Fsp3) is 0.833. The van der Waals surface area contributed by atoms with Crippen LogP contribution in [0.2, 0.25) is 0 Å². The van der Waals surface area contributed by atoms with Crippen LogP contribution in [0.5, 0.6) is 0 Å². The Kier molecular flexibility index (Phi) is 2.03. The van der Waals surface area contributed by atoms with E-state index in [0.29, 0.717) is 23.7 Å². The van der Waals surface area contributed by atoms with Crippen molar-refractivity contribution in [2.75, 3.05) is 0 Å². The molecule has 3 aliphatic carbocycles. The molecule has 16 heavy (non-hydrogen) atoms. The van der Waals surface area contributed by atoms with Gasteiger partial charge < -0.3 is 10.2 Å². The number of hydrogen-bond donors (Lipinski definition) is 2. The molecule has 0 aromatic carbocycles. The molecule has 0 unspecified atom stereocenters. The molecule has 0 saturated heterocycles. The van der Waals surface area contributed by atoms with E-state index in [2.05, 4.69) is 0 Å². The Bertz CT molecular complexity index is 297. The first-order valence-corrected chi connectivity index (χ1v) is 6.07. The standard InChI is InChI=1S/C12H16O4/c13-11(14)9-5-1-2-6-8(4-3-7(5)9)10(6)12(15)16/h5-10H,1-4H2,(H,13,14)(H,15,16)/t5-,6+,7-,8+,9?,10?. The molecule has 0 radical (unpaired) electrons. The zero-order chi connectivity index (χ0) is 11.4. The molecule has 0 aliphatic heterocycles. The van der Waals surface area contributed by atoms with Crippen LogP contribution in [0.4, 0.5) is 0 Å². The number of aliphatic carboxylic acids is 2. The van der Waals surface area contributed by atoms with E-state index in [1.54, 1.807) is 0 Å². The quantitative estimate of drug-likeness (QED) is 0.744. The molecule has 2 N–H and O–H groups in total. The zero-order valence-corrected chi connectivity index (χ0v) is 9.00. The van der Waals surface area contributed by atoms with Gasteiger partial charge in [-0.1, -0.05) is 0 Å². The predicted octanol–water partition coefficient (Wildman–Crippen LogP) is 1.45. The minimum absolute atomic E-state index is 0.124. The molecule has 3 rings (SSSR count). The van der Waals surface area contributed by atoms with Crippen LogP contribution >= 0.6 is 0 Å². The van der Waals surface area contributed by atoms with Gasteiger partial charge >= 0.3 is 11.9 Å². The fourth-order valence-electron chi connectivity index (χ4n) is 3.97. The Morgan fingerprint density at radius 2 is 0.938 bits per heavy atom. The summed E-state index contributed by atoms with van der Waals surface area (Å²) in [6.07, 6.45) is 3.69. The van der Waals surface area contributed by atoms with Crippen molar-refractivity contribution in [3.05, 3.63) is 0 Å². The van der Waals surface area contributed by atoms with Gasteiger partial charge in [-0.3, -0.25) is 9.59 Å². The van der Waals surface area contributed by atoms with E-state index in [1.165, 1.54) is 0 Å². The largest absolute Gasteiger partial charge is 0.481 e. The maximum Gasteiger partial charge on any atom is 0.307 e. The lowest BCUT2D eigenvalue weighted by molar-refractivity contribution is -0.140. The maximum absolute atomic E-state index is 10.9. The summed E-state index contributed by atoms with van der Waals surface area (Å²) >= 11 is 0. The molecule has 4 atom stereocenters. The van der Waals surface area contributed by atoms with Crippen molar-refractivity contribution in [1.82, 2.24) is 0 Å². The summed E-state index contributed by atoms with van der Waals surface area (Å²) < 4.78 is 0. The molecule has 88 valence electrons. The van der Waals surface area contributed by atoms with Crippen LogP contribution in [0.1, 0.15) is 25.7 Å². The first kappa shape index (κ1) is 10.1. The van der Waals surface area contributed by atoms with Gasteiger partial charge in [-0.15, -0.1) is 0 Å². The van der Waals surface area contributed by atoms with Gasteiger partial charge in [0, 0.05) is 0 Å². The van der Waals surface area contributed by atoms with Gasteiger partial charge in [0.2, 0.25) is 0 Å². The molecule has 0 spiro atoms. The molecular weight excluding hydrogens is 208 g/mol. The number of carboxylic acid groups (broad SMARTS) is 2. The average molecular weight is 224 g/mol. The highest BCUT2D eigenvalue weighted by Gasteiger charge is 2.61. The highest BCUT2D eigenvalue weighted by Crippen LogP contribution is 2.61. The van der Waals surface area contributed by atoms with E-state index in [4.69, 9.17) is 10.2 Å². The summed E-state index contributed by atoms with van der Waals surface area (Å²) in [5.41, 5.74) is 0. The summed E-state index contributed by atoms with van der Waals surface area (Å²) in [5.74, 6) is -0.189. The fourth-order valence-corrected chi connectivity index (χ4v) is 3.97. The summed E-state index contributed by atoms with van der Waals surface area (Å²) in [7, 11) is 0. The molecule has 0 heterocycles. The smallest absolute Gasteiger partial charge is 0.307 e. The monoisotopic (exact) mass is 224 g/mol. The van der Waals surface area contributed by atoms with Crippen molar-refractivity contribution >= 4 is 11.9 Å². The number of rotatable bonds is 2. The van der Waals surface area contributed by atoms with E-state index in [1.807, 2.05) is 0 Å². The molecule has 0 aromatic rings. The van der Waals surface area contributed by atoms with Gasteiger partial charge in [0.05, 0.1) is 11.8 Å². The molecule has 4 nitrogen and oxygen atoms in total. The second-order valence-electron chi connectivity index (χ2n) is 5.54. The normalized spacial score (nSPS) is 49.2. The van der Waals surface area contributed by atoms with Gasteiger partial charge in [0.15, 0.2) is 0 Å². The molecule has 4 heteroatoms. The van der Waals surface area contributed by atoms with E-state index < -0.39 is 11.9 Å². The number of hydrogen-bond acceptors (Lipinski definition) is 2. The maximum atomic E-state index is 10.9. The molecule has 3 saturated carbocycles. The van der Waals surface area contributed by atoms with Gasteiger partial charge in [0.25, 0.3) is 0 Å². The molecule has 0 bridgehead atoms. The summed E-state index contributed by atoms with van der Waals surface area (Å²) in [6, 6.07) is 0. The van der Waals surface area contributed by atoms with Crippen molar-refractivity contribution in [2.45, 2.75) is 25.7 Å². The highest BCUT2D eigenvalue weighted by atomic mass is 16.4. The molecular formula is C12H16O4. The van der Waals surface area contributed by atoms with Crippen molar-refractivity contribution in [3.63, 3.8) is 0 Å². The van der Waals surface area contributed by atoms with Crippen LogP contribution in [0, 0.1) is 35.5 Å². The van der Waals surface area contributed by atoms with E-state index in [0.717, 1.165) is 25.7 Å². The van der Waals surface area contributed by atoms with Crippen LogP contribution in [0.25, 0.3) is 0 Å². The van der Waals surface area contributed by atoms with Crippen molar-refractivity contribution in [3.8, 4) is 0 Å². The van der Waals surface area contributed by atoms with Gasteiger partial charge in [0.1, 0.15) is 0 Å². The third kappa shape index (κ3) is 1.35. The van der Waals surface area contributed by atoms with Crippen LogP contribution in [-0.2, 0) is 9.59 Å². The Labute approximate surface area is 93.6 Å². The Morgan fingerprint density at radius 3 is 1.12 bits per heavy atom. The number of fused-ring (bicyclic) bond motifs is 2. The van der Waals surface area contributed by atoms with E-state index in [9.17, 15) is 9.59 Å². The highest BCUT2D eigenvalue weighted by molar-refractivity contribution is 5.75. The zero-order valence-electron chi connectivity index (χ0n) is 9.00. The minimum Gasteiger partial charge on any atom is -0.481 e. The molecule has 3 fully saturated rings. The summed E-state index contributed by atoms with van der Waals surface area (Å²) in [5, 5.41) is 18.0. The van der Waals surface area contributed by atoms with Gasteiger partial charge in [-0.2, -0.15) is 0 Å². The Morgan fingerprint density at radius 1 is 0.688 bits per heavy atom. The minimum atomic E-state index is -0.652. The van der Waals surface area contributed by atoms with Crippen LogP contribution in [0.3, 0.4) is 0 Å². The third-order valence-corrected chi connectivity index (χ3v) is 4.90. The predicted molar refractivity (Wildman–Crippen MR) is 54.7 cm³/mol. The van der Waals surface area contributed by atoms with Gasteiger partial charge in [-0.05, 0) is 49.4 Å². The average Bonchev–Trinajstić information content (AvgIpc) is 3.00. The second-order valence-corrected chi connectivity index (χ2v) is 5.54. The molecule has 0 aromatic heterocycles. The van der Waals surface area contributed by atoms with Crippen LogP contribution in [-0.4, -0.2) is 22.2 Å². The second kappa shape index (κ2) is 3.22. The Hall–Kier alpha value is -1.06. The lowest BCUT2D eigenvalue weighted by Crippen LogP contribution is -2.03. The Balaban J connectivity index is 1.63. The van der Waals surface area contributed by atoms with Crippen molar-refractivity contribution in [1.29, 1.82) is 0 Å². The molecule has 3 aliphatic rings. The first-order chi connectivity index (χ1) is 7.61. The van der Waals surface area contributed by atoms with E-state index >= 15 is 0 Å². The number of carboxylic acids is 2. The van der Waals surface area contributed by atoms with Crippen molar-refractivity contribution < 1.29 is 19.8 Å². The SMILES string of the molecule is O=C(O)C1[C@H]2CC[C@H]3C(C(=O)O)[C@@H]3CC[C@H]12. The number of carbonyl (C=O) groups is 2. The lowest BCUT2D eigenvalue weighted by Gasteiger charge is -2.04. The van der Waals surface area contributed by atoms with Gasteiger partial charge in [-0.25, -0.2) is 0 Å². The summed E-state index contributed by atoms with van der Waals surface area (Å²) in [4.78, 5) is 21.8. The first-order valence-electron chi connectivity index (χ1n) is 6.07.